The zero-order chi connectivity index (χ0) is 13.1. The lowest BCUT2D eigenvalue weighted by Gasteiger charge is -2.09. The first-order chi connectivity index (χ1) is 7.82. The molecule has 0 atom stereocenters. The lowest BCUT2D eigenvalue weighted by atomic mass is 10.1. The normalized spacial score (nSPS) is 11.4. The number of carbonyl (C=O) groups excluding carboxylic acids is 1. The average Bonchev–Trinajstić information content (AvgIpc) is 2.15. The molecule has 17 heavy (non-hydrogen) atoms. The summed E-state index contributed by atoms with van der Waals surface area (Å²) in [7, 11) is 0. The highest BCUT2D eigenvalue weighted by Gasteiger charge is 2.31. The van der Waals surface area contributed by atoms with Gasteiger partial charge in [-0.2, -0.15) is 13.2 Å². The van der Waals surface area contributed by atoms with E-state index in [1.807, 2.05) is 0 Å². The van der Waals surface area contributed by atoms with Crippen molar-refractivity contribution in [2.24, 2.45) is 0 Å². The van der Waals surface area contributed by atoms with Gasteiger partial charge in [-0.25, -0.2) is 0 Å². The zero-order valence-corrected chi connectivity index (χ0v) is 10.6. The summed E-state index contributed by atoms with van der Waals surface area (Å²) in [4.78, 5) is 11.2. The summed E-state index contributed by atoms with van der Waals surface area (Å²) in [6, 6.07) is 3.38. The molecule has 0 N–H and O–H groups in total. The summed E-state index contributed by atoms with van der Waals surface area (Å²) in [5, 5.41) is 0. The van der Waals surface area contributed by atoms with Gasteiger partial charge >= 0.3 is 12.1 Å². The van der Waals surface area contributed by atoms with Crippen LogP contribution in [0, 0.1) is 0 Å². The van der Waals surface area contributed by atoms with Crippen LogP contribution in [0.25, 0.3) is 0 Å². The molecule has 6 heteroatoms. The molecule has 1 aromatic rings. The lowest BCUT2D eigenvalue weighted by Crippen LogP contribution is -2.10. The average molecular weight is 311 g/mol. The van der Waals surface area contributed by atoms with E-state index < -0.39 is 17.7 Å². The summed E-state index contributed by atoms with van der Waals surface area (Å²) in [6.07, 6.45) is -4.59. The van der Waals surface area contributed by atoms with E-state index in [-0.39, 0.29) is 23.1 Å². The summed E-state index contributed by atoms with van der Waals surface area (Å²) in [5.41, 5.74) is -0.517. The maximum atomic E-state index is 12.5. The van der Waals surface area contributed by atoms with E-state index in [1.165, 1.54) is 6.07 Å². The molecule has 0 amide bonds. The van der Waals surface area contributed by atoms with Gasteiger partial charge in [0, 0.05) is 4.47 Å². The van der Waals surface area contributed by atoms with Crippen molar-refractivity contribution in [1.82, 2.24) is 0 Å². The van der Waals surface area contributed by atoms with Crippen LogP contribution in [0.5, 0.6) is 0 Å². The smallest absolute Gasteiger partial charge is 0.416 e. The minimum atomic E-state index is -4.42. The topological polar surface area (TPSA) is 26.3 Å². The number of benzene rings is 1. The Morgan fingerprint density at radius 1 is 1.35 bits per heavy atom. The van der Waals surface area contributed by atoms with Gasteiger partial charge in [-0.15, -0.1) is 0 Å². The third kappa shape index (κ3) is 4.38. The van der Waals surface area contributed by atoms with Crippen LogP contribution in [-0.2, 0) is 22.1 Å². The van der Waals surface area contributed by atoms with E-state index in [0.717, 1.165) is 12.1 Å². The minimum Gasteiger partial charge on any atom is -0.466 e. The molecule has 1 aromatic carbocycles. The van der Waals surface area contributed by atoms with Gasteiger partial charge in [0.25, 0.3) is 0 Å². The molecule has 0 saturated carbocycles. The largest absolute Gasteiger partial charge is 0.466 e. The summed E-state index contributed by atoms with van der Waals surface area (Å²) >= 11 is 2.98. The second-order valence-corrected chi connectivity index (χ2v) is 4.24. The van der Waals surface area contributed by atoms with Crippen molar-refractivity contribution in [3.8, 4) is 0 Å². The predicted molar refractivity (Wildman–Crippen MR) is 59.5 cm³/mol. The summed E-state index contributed by atoms with van der Waals surface area (Å²) < 4.78 is 42.4. The first-order valence-corrected chi connectivity index (χ1v) is 5.64. The van der Waals surface area contributed by atoms with E-state index in [4.69, 9.17) is 0 Å². The molecule has 94 valence electrons. The molecule has 1 rings (SSSR count). The molecule has 0 bridgehead atoms. The SMILES string of the molecule is CCOC(=O)Cc1cc(Br)cc(C(F)(F)F)c1. The number of ether oxygens (including phenoxy) is 1. The third-order valence-electron chi connectivity index (χ3n) is 1.94. The third-order valence-corrected chi connectivity index (χ3v) is 2.40. The second kappa shape index (κ2) is 5.53. The summed E-state index contributed by atoms with van der Waals surface area (Å²) in [6.45, 7) is 1.85. The van der Waals surface area contributed by atoms with E-state index in [2.05, 4.69) is 20.7 Å². The van der Waals surface area contributed by atoms with Gasteiger partial charge in [0.05, 0.1) is 18.6 Å². The summed E-state index contributed by atoms with van der Waals surface area (Å²) in [5.74, 6) is -0.543. The Balaban J connectivity index is 2.94. The van der Waals surface area contributed by atoms with Crippen molar-refractivity contribution >= 4 is 21.9 Å². The van der Waals surface area contributed by atoms with Crippen LogP contribution in [0.1, 0.15) is 18.1 Å². The van der Waals surface area contributed by atoms with Crippen LogP contribution >= 0.6 is 15.9 Å². The number of esters is 1. The maximum absolute atomic E-state index is 12.5. The molecule has 0 unspecified atom stereocenters. The number of hydrogen-bond donors (Lipinski definition) is 0. The maximum Gasteiger partial charge on any atom is 0.416 e. The number of hydrogen-bond acceptors (Lipinski definition) is 2. The molecule has 0 fully saturated rings. The van der Waals surface area contributed by atoms with Crippen molar-refractivity contribution < 1.29 is 22.7 Å². The van der Waals surface area contributed by atoms with Crippen molar-refractivity contribution in [2.75, 3.05) is 6.61 Å². The predicted octanol–water partition coefficient (Wildman–Crippen LogP) is 3.57. The quantitative estimate of drug-likeness (QED) is 0.798. The standard InChI is InChI=1S/C11H10BrF3O2/c1-2-17-10(16)5-7-3-8(11(13,14)15)6-9(12)4-7/h3-4,6H,2,5H2,1H3. The molecule has 2 nitrogen and oxygen atoms in total. The molecule has 0 heterocycles. The molecular weight excluding hydrogens is 301 g/mol. The zero-order valence-electron chi connectivity index (χ0n) is 8.97. The van der Waals surface area contributed by atoms with Crippen molar-refractivity contribution in [3.63, 3.8) is 0 Å². The fourth-order valence-electron chi connectivity index (χ4n) is 1.29. The highest BCUT2D eigenvalue weighted by atomic mass is 79.9. The van der Waals surface area contributed by atoms with Gasteiger partial charge in [0.15, 0.2) is 0 Å². The molecule has 0 aliphatic heterocycles. The number of rotatable bonds is 3. The number of alkyl halides is 3. The van der Waals surface area contributed by atoms with Crippen LogP contribution in [0.4, 0.5) is 13.2 Å². The first kappa shape index (κ1) is 14.0. The highest BCUT2D eigenvalue weighted by Crippen LogP contribution is 2.32. The minimum absolute atomic E-state index is 0.170. The van der Waals surface area contributed by atoms with E-state index in [0.29, 0.717) is 0 Å². The van der Waals surface area contributed by atoms with Crippen molar-refractivity contribution in [3.05, 3.63) is 33.8 Å². The Kier molecular flexibility index (Phi) is 4.56. The Bertz CT molecular complexity index is 416. The highest BCUT2D eigenvalue weighted by molar-refractivity contribution is 9.10. The lowest BCUT2D eigenvalue weighted by molar-refractivity contribution is -0.142. The van der Waals surface area contributed by atoms with Gasteiger partial charge in [0.1, 0.15) is 0 Å². The number of halogens is 4. The van der Waals surface area contributed by atoms with Gasteiger partial charge < -0.3 is 4.74 Å². The second-order valence-electron chi connectivity index (χ2n) is 3.33. The fraction of sp³-hybridized carbons (Fsp3) is 0.364. The van der Waals surface area contributed by atoms with Crippen LogP contribution in [0.15, 0.2) is 22.7 Å². The molecule has 0 spiro atoms. The van der Waals surface area contributed by atoms with Crippen LogP contribution in [-0.4, -0.2) is 12.6 Å². The van der Waals surface area contributed by atoms with Gasteiger partial charge in [-0.3, -0.25) is 4.79 Å². The Morgan fingerprint density at radius 3 is 2.53 bits per heavy atom. The molecular formula is C11H10BrF3O2. The van der Waals surface area contributed by atoms with E-state index >= 15 is 0 Å². The Labute approximate surface area is 105 Å². The Hall–Kier alpha value is -1.04. The van der Waals surface area contributed by atoms with E-state index in [9.17, 15) is 18.0 Å². The molecule has 0 aliphatic carbocycles. The van der Waals surface area contributed by atoms with Crippen molar-refractivity contribution in [1.29, 1.82) is 0 Å². The van der Waals surface area contributed by atoms with Crippen LogP contribution in [0.3, 0.4) is 0 Å². The molecule has 0 aliphatic rings. The number of carbonyl (C=O) groups is 1. The van der Waals surface area contributed by atoms with Gasteiger partial charge in [-0.1, -0.05) is 15.9 Å². The van der Waals surface area contributed by atoms with Gasteiger partial charge in [-0.05, 0) is 30.7 Å². The van der Waals surface area contributed by atoms with Crippen LogP contribution in [0.2, 0.25) is 0 Å². The molecule has 0 saturated heterocycles. The molecule has 0 aromatic heterocycles. The molecule has 0 radical (unpaired) electrons. The van der Waals surface area contributed by atoms with E-state index in [1.54, 1.807) is 6.92 Å². The first-order valence-electron chi connectivity index (χ1n) is 4.85. The van der Waals surface area contributed by atoms with Crippen molar-refractivity contribution in [2.45, 2.75) is 19.5 Å². The fourth-order valence-corrected chi connectivity index (χ4v) is 1.84. The van der Waals surface area contributed by atoms with Crippen LogP contribution < -0.4 is 0 Å². The monoisotopic (exact) mass is 310 g/mol. The van der Waals surface area contributed by atoms with Gasteiger partial charge in [0.2, 0.25) is 0 Å². The Morgan fingerprint density at radius 2 is 2.00 bits per heavy atom.